The third kappa shape index (κ3) is 1.14. The predicted octanol–water partition coefficient (Wildman–Crippen LogP) is 0.958. The maximum Gasteiger partial charge on any atom is 0.179 e. The van der Waals surface area contributed by atoms with Crippen LogP contribution in [0.5, 0.6) is 0 Å². The van der Waals surface area contributed by atoms with Gasteiger partial charge in [-0.1, -0.05) is 12.1 Å². The summed E-state index contributed by atoms with van der Waals surface area (Å²) in [7, 11) is -1.23. The van der Waals surface area contributed by atoms with Gasteiger partial charge in [-0.15, -0.1) is 0 Å². The number of carbonyl (C=O) groups is 1. The van der Waals surface area contributed by atoms with Crippen molar-refractivity contribution in [2.45, 2.75) is 0 Å². The van der Waals surface area contributed by atoms with Crippen LogP contribution in [0.2, 0.25) is 0 Å². The molecule has 1 N–H and O–H groups in total. The molecule has 1 heterocycles. The largest absolute Gasteiger partial charge is 0.304 e. The van der Waals surface area contributed by atoms with Gasteiger partial charge in [0.1, 0.15) is 16.7 Å². The minimum atomic E-state index is -1.23. The van der Waals surface area contributed by atoms with E-state index in [2.05, 4.69) is 4.72 Å². The fraction of sp³-hybridized carbons (Fsp3) is 0.125. The summed E-state index contributed by atoms with van der Waals surface area (Å²) in [4.78, 5) is 11.3. The van der Waals surface area contributed by atoms with Crippen molar-refractivity contribution >= 4 is 22.5 Å². The molecule has 0 amide bonds. The number of carbonyl (C=O) groups excluding carboxylic acids is 1. The number of ketones is 1. The van der Waals surface area contributed by atoms with E-state index < -0.39 is 11.0 Å². The van der Waals surface area contributed by atoms with Crippen LogP contribution < -0.4 is 4.72 Å². The summed E-state index contributed by atoms with van der Waals surface area (Å²) in [5.74, 6) is 0.0273. The van der Waals surface area contributed by atoms with Crippen molar-refractivity contribution in [1.82, 2.24) is 0 Å². The third-order valence-electron chi connectivity index (χ3n) is 1.71. The van der Waals surface area contributed by atoms with E-state index in [9.17, 15) is 9.00 Å². The maximum atomic E-state index is 11.3. The molecule has 1 aliphatic rings. The van der Waals surface area contributed by atoms with Gasteiger partial charge in [0.2, 0.25) is 0 Å². The molecule has 3 nitrogen and oxygen atoms in total. The Morgan fingerprint density at radius 3 is 2.92 bits per heavy atom. The first-order valence-electron chi connectivity index (χ1n) is 3.54. The summed E-state index contributed by atoms with van der Waals surface area (Å²) >= 11 is 0. The van der Waals surface area contributed by atoms with Crippen LogP contribution in [-0.2, 0) is 11.0 Å². The van der Waals surface area contributed by atoms with Gasteiger partial charge in [0.15, 0.2) is 5.78 Å². The Morgan fingerprint density at radius 2 is 2.08 bits per heavy atom. The molecule has 4 heteroatoms. The topological polar surface area (TPSA) is 46.2 Å². The summed E-state index contributed by atoms with van der Waals surface area (Å²) in [6, 6.07) is 7.10. The molecule has 1 atom stereocenters. The summed E-state index contributed by atoms with van der Waals surface area (Å²) in [6.45, 7) is 0. The van der Waals surface area contributed by atoms with E-state index in [0.29, 0.717) is 11.3 Å². The molecule has 0 radical (unpaired) electrons. The highest BCUT2D eigenvalue weighted by atomic mass is 32.2. The summed E-state index contributed by atoms with van der Waals surface area (Å²) in [6.07, 6.45) is 0. The molecule has 1 aliphatic heterocycles. The number of nitrogens with one attached hydrogen (secondary N) is 1. The molecule has 0 saturated heterocycles. The first-order valence-corrected chi connectivity index (χ1v) is 4.86. The fourth-order valence-electron chi connectivity index (χ4n) is 1.17. The number of rotatable bonds is 0. The van der Waals surface area contributed by atoms with Crippen molar-refractivity contribution < 1.29 is 9.00 Å². The number of benzene rings is 1. The molecule has 2 rings (SSSR count). The maximum absolute atomic E-state index is 11.3. The Kier molecular flexibility index (Phi) is 1.69. The molecule has 1 aromatic rings. The normalized spacial score (nSPS) is 21.3. The van der Waals surface area contributed by atoms with E-state index in [-0.39, 0.29) is 11.5 Å². The number of fused-ring (bicyclic) bond motifs is 1. The Bertz CT molecular complexity index is 362. The Labute approximate surface area is 72.4 Å². The molecular weight excluding hydrogens is 174 g/mol. The van der Waals surface area contributed by atoms with Gasteiger partial charge in [0.25, 0.3) is 0 Å². The van der Waals surface area contributed by atoms with E-state index in [1.54, 1.807) is 18.2 Å². The minimum Gasteiger partial charge on any atom is -0.304 e. The lowest BCUT2D eigenvalue weighted by Crippen LogP contribution is -2.23. The van der Waals surface area contributed by atoms with E-state index in [1.807, 2.05) is 6.07 Å². The van der Waals surface area contributed by atoms with Gasteiger partial charge in [-0.25, -0.2) is 4.21 Å². The molecule has 0 saturated carbocycles. The lowest BCUT2D eigenvalue weighted by molar-refractivity contribution is 0.102. The van der Waals surface area contributed by atoms with Crippen LogP contribution in [0, 0.1) is 0 Å². The van der Waals surface area contributed by atoms with Gasteiger partial charge in [-0.2, -0.15) is 0 Å². The Morgan fingerprint density at radius 1 is 1.33 bits per heavy atom. The van der Waals surface area contributed by atoms with Crippen molar-refractivity contribution in [2.75, 3.05) is 10.5 Å². The van der Waals surface area contributed by atoms with Crippen LogP contribution in [0.4, 0.5) is 5.69 Å². The Balaban J connectivity index is 2.54. The van der Waals surface area contributed by atoms with E-state index in [1.165, 1.54) is 0 Å². The van der Waals surface area contributed by atoms with Crippen LogP contribution in [0.25, 0.3) is 0 Å². The summed E-state index contributed by atoms with van der Waals surface area (Å²) in [5, 5.41) is 0. The summed E-state index contributed by atoms with van der Waals surface area (Å²) < 4.78 is 13.8. The van der Waals surface area contributed by atoms with Gasteiger partial charge in [0, 0.05) is 5.56 Å². The standard InChI is InChI=1S/C8H7NO2S/c10-8-5-12(11)9-7-4-2-1-3-6(7)8/h1-4,9H,5H2. The fourth-order valence-corrected chi connectivity index (χ4v) is 2.06. The number of Topliss-reactive ketones (excluding diaryl/α,β-unsaturated/α-hetero) is 1. The zero-order chi connectivity index (χ0) is 8.55. The predicted molar refractivity (Wildman–Crippen MR) is 47.4 cm³/mol. The third-order valence-corrected chi connectivity index (χ3v) is 2.69. The SMILES string of the molecule is O=C1CS(=O)Nc2ccccc21. The van der Waals surface area contributed by atoms with E-state index >= 15 is 0 Å². The van der Waals surface area contributed by atoms with Crippen molar-refractivity contribution in [2.24, 2.45) is 0 Å². The van der Waals surface area contributed by atoms with Crippen LogP contribution in [0.15, 0.2) is 24.3 Å². The first-order chi connectivity index (χ1) is 5.77. The second-order valence-electron chi connectivity index (χ2n) is 2.56. The van der Waals surface area contributed by atoms with Crippen molar-refractivity contribution in [3.05, 3.63) is 29.8 Å². The summed E-state index contributed by atoms with van der Waals surface area (Å²) in [5.41, 5.74) is 1.31. The highest BCUT2D eigenvalue weighted by Gasteiger charge is 2.20. The van der Waals surface area contributed by atoms with Crippen LogP contribution in [0.3, 0.4) is 0 Å². The number of hydrogen-bond donors (Lipinski definition) is 1. The van der Waals surface area contributed by atoms with E-state index in [0.717, 1.165) is 0 Å². The quantitative estimate of drug-likeness (QED) is 0.648. The van der Waals surface area contributed by atoms with Gasteiger partial charge < -0.3 is 4.72 Å². The first kappa shape index (κ1) is 7.49. The molecule has 0 spiro atoms. The smallest absolute Gasteiger partial charge is 0.179 e. The molecule has 62 valence electrons. The van der Waals surface area contributed by atoms with Crippen LogP contribution in [0.1, 0.15) is 10.4 Å². The van der Waals surface area contributed by atoms with Crippen molar-refractivity contribution in [1.29, 1.82) is 0 Å². The van der Waals surface area contributed by atoms with Gasteiger partial charge >= 0.3 is 0 Å². The lowest BCUT2D eigenvalue weighted by Gasteiger charge is -2.14. The van der Waals surface area contributed by atoms with Crippen molar-refractivity contribution in [3.8, 4) is 0 Å². The van der Waals surface area contributed by atoms with Gasteiger partial charge in [-0.3, -0.25) is 4.79 Å². The highest BCUT2D eigenvalue weighted by Crippen LogP contribution is 2.20. The average Bonchev–Trinajstić information content (AvgIpc) is 2.04. The molecule has 12 heavy (non-hydrogen) atoms. The molecule has 1 unspecified atom stereocenters. The lowest BCUT2D eigenvalue weighted by atomic mass is 10.1. The molecular formula is C8H7NO2S. The highest BCUT2D eigenvalue weighted by molar-refractivity contribution is 7.87. The average molecular weight is 181 g/mol. The van der Waals surface area contributed by atoms with Crippen LogP contribution in [-0.4, -0.2) is 15.7 Å². The van der Waals surface area contributed by atoms with Crippen molar-refractivity contribution in [3.63, 3.8) is 0 Å². The molecule has 1 aromatic carbocycles. The van der Waals surface area contributed by atoms with Gasteiger partial charge in [0.05, 0.1) is 5.69 Å². The monoisotopic (exact) mass is 181 g/mol. The number of anilines is 1. The number of para-hydroxylation sites is 1. The van der Waals surface area contributed by atoms with Gasteiger partial charge in [-0.05, 0) is 12.1 Å². The minimum absolute atomic E-state index is 0.0531. The van der Waals surface area contributed by atoms with Crippen LogP contribution >= 0.6 is 0 Å². The zero-order valence-electron chi connectivity index (χ0n) is 6.24. The second kappa shape index (κ2) is 2.71. The molecule has 0 aromatic heterocycles. The Hall–Kier alpha value is -1.16. The van der Waals surface area contributed by atoms with E-state index in [4.69, 9.17) is 0 Å². The number of hydrogen-bond acceptors (Lipinski definition) is 2. The zero-order valence-corrected chi connectivity index (χ0v) is 7.06. The molecule has 0 bridgehead atoms. The molecule has 0 aliphatic carbocycles. The second-order valence-corrected chi connectivity index (χ2v) is 3.74. The molecule has 0 fully saturated rings.